The van der Waals surface area contributed by atoms with Crippen molar-refractivity contribution in [2.75, 3.05) is 0 Å². The molecule has 0 saturated heterocycles. The second kappa shape index (κ2) is 4.26. The number of fused-ring (bicyclic) bond motifs is 1. The maximum absolute atomic E-state index is 12.7. The molecule has 1 heterocycles. The van der Waals surface area contributed by atoms with Gasteiger partial charge < -0.3 is 5.32 Å². The third kappa shape index (κ3) is 2.53. The molecule has 0 fully saturated rings. The van der Waals surface area contributed by atoms with Crippen LogP contribution in [-0.4, -0.2) is 12.2 Å². The van der Waals surface area contributed by atoms with E-state index in [1.165, 1.54) is 0 Å². The minimum absolute atomic E-state index is 0.0305. The normalized spacial score (nSPS) is 20.7. The zero-order valence-electron chi connectivity index (χ0n) is 10.9. The summed E-state index contributed by atoms with van der Waals surface area (Å²) in [5.74, 6) is 0. The van der Waals surface area contributed by atoms with Gasteiger partial charge in [0.15, 0.2) is 0 Å². The van der Waals surface area contributed by atoms with Gasteiger partial charge in [-0.15, -0.1) is 0 Å². The van der Waals surface area contributed by atoms with Gasteiger partial charge in [0.2, 0.25) is 0 Å². The van der Waals surface area contributed by atoms with Crippen molar-refractivity contribution in [3.63, 3.8) is 0 Å². The molecule has 0 unspecified atom stereocenters. The number of rotatable bonds is 0. The van der Waals surface area contributed by atoms with Crippen LogP contribution in [0.15, 0.2) is 18.2 Å². The van der Waals surface area contributed by atoms with E-state index in [0.717, 1.165) is 16.7 Å². The number of benzene rings is 1. The molecule has 1 aromatic carbocycles. The second-order valence-electron chi connectivity index (χ2n) is 5.87. The number of halogens is 3. The monoisotopic (exact) mass is 257 g/mol. The third-order valence-electron chi connectivity index (χ3n) is 3.43. The van der Waals surface area contributed by atoms with E-state index in [4.69, 9.17) is 0 Å². The van der Waals surface area contributed by atoms with Gasteiger partial charge in [0.25, 0.3) is 0 Å². The molecular formula is C14H18F3N. The third-order valence-corrected chi connectivity index (χ3v) is 3.43. The van der Waals surface area contributed by atoms with E-state index in [1.807, 2.05) is 18.2 Å². The predicted octanol–water partition coefficient (Wildman–Crippen LogP) is 3.56. The van der Waals surface area contributed by atoms with Gasteiger partial charge in [-0.05, 0) is 28.5 Å². The van der Waals surface area contributed by atoms with E-state index in [9.17, 15) is 13.2 Å². The van der Waals surface area contributed by atoms with Gasteiger partial charge in [0.05, 0.1) is 0 Å². The van der Waals surface area contributed by atoms with Crippen molar-refractivity contribution in [3.05, 3.63) is 34.9 Å². The maximum Gasteiger partial charge on any atom is 0.404 e. The highest BCUT2D eigenvalue weighted by Gasteiger charge is 2.41. The molecule has 0 spiro atoms. The van der Waals surface area contributed by atoms with Crippen LogP contribution in [0.1, 0.15) is 37.5 Å². The second-order valence-corrected chi connectivity index (χ2v) is 5.87. The number of nitrogens with one attached hydrogen (secondary N) is 1. The fraction of sp³-hybridized carbons (Fsp3) is 0.571. The quantitative estimate of drug-likeness (QED) is 0.749. The molecule has 1 aromatic rings. The Morgan fingerprint density at radius 3 is 2.39 bits per heavy atom. The molecule has 1 aliphatic rings. The molecule has 0 aromatic heterocycles. The van der Waals surface area contributed by atoms with Crippen LogP contribution in [0.3, 0.4) is 0 Å². The molecule has 0 saturated carbocycles. The number of hydrogen-bond acceptors (Lipinski definition) is 1. The Kier molecular flexibility index (Phi) is 3.18. The minimum Gasteiger partial charge on any atom is -0.302 e. The maximum atomic E-state index is 12.7. The Hall–Kier alpha value is -1.03. The number of hydrogen-bond donors (Lipinski definition) is 1. The van der Waals surface area contributed by atoms with Crippen molar-refractivity contribution in [1.29, 1.82) is 0 Å². The highest BCUT2D eigenvalue weighted by atomic mass is 19.4. The summed E-state index contributed by atoms with van der Waals surface area (Å²) in [5.41, 5.74) is 2.94. The molecule has 0 radical (unpaired) electrons. The molecule has 1 N–H and O–H groups in total. The molecule has 100 valence electrons. The summed E-state index contributed by atoms with van der Waals surface area (Å²) in [6.07, 6.45) is -4.14. The van der Waals surface area contributed by atoms with Crippen molar-refractivity contribution in [2.24, 2.45) is 0 Å². The zero-order chi connectivity index (χ0) is 13.6. The lowest BCUT2D eigenvalue weighted by Crippen LogP contribution is -2.46. The van der Waals surface area contributed by atoms with Crippen LogP contribution >= 0.6 is 0 Å². The van der Waals surface area contributed by atoms with Crippen LogP contribution in [0, 0.1) is 0 Å². The van der Waals surface area contributed by atoms with Crippen molar-refractivity contribution in [3.8, 4) is 0 Å². The van der Waals surface area contributed by atoms with Crippen LogP contribution in [0.5, 0.6) is 0 Å². The highest BCUT2D eigenvalue weighted by molar-refractivity contribution is 5.41. The van der Waals surface area contributed by atoms with Crippen LogP contribution in [0.25, 0.3) is 0 Å². The van der Waals surface area contributed by atoms with Gasteiger partial charge in [-0.1, -0.05) is 39.0 Å². The molecule has 0 aliphatic carbocycles. The lowest BCUT2D eigenvalue weighted by molar-refractivity contribution is -0.157. The summed E-state index contributed by atoms with van der Waals surface area (Å²) >= 11 is 0. The van der Waals surface area contributed by atoms with Gasteiger partial charge in [-0.25, -0.2) is 0 Å². The zero-order valence-corrected chi connectivity index (χ0v) is 10.9. The standard InChI is InChI=1S/C14H18F3N/c1-13(2,3)11-6-4-5-9-7-12(14(15,16)17)18-8-10(9)11/h4-6,12,18H,7-8H2,1-3H3/t12-/m1/s1. The van der Waals surface area contributed by atoms with E-state index in [1.54, 1.807) is 0 Å². The Balaban J connectivity index is 2.36. The van der Waals surface area contributed by atoms with Crippen LogP contribution in [-0.2, 0) is 18.4 Å². The average Bonchev–Trinajstić information content (AvgIpc) is 2.25. The van der Waals surface area contributed by atoms with Gasteiger partial charge in [-0.2, -0.15) is 13.2 Å². The largest absolute Gasteiger partial charge is 0.404 e. The first-order valence-corrected chi connectivity index (χ1v) is 6.11. The Morgan fingerprint density at radius 2 is 1.83 bits per heavy atom. The molecule has 0 amide bonds. The molecule has 1 aliphatic heterocycles. The van der Waals surface area contributed by atoms with E-state index in [-0.39, 0.29) is 11.8 Å². The van der Waals surface area contributed by atoms with Crippen LogP contribution in [0.2, 0.25) is 0 Å². The van der Waals surface area contributed by atoms with Gasteiger partial charge in [0.1, 0.15) is 6.04 Å². The average molecular weight is 257 g/mol. The predicted molar refractivity (Wildman–Crippen MR) is 65.5 cm³/mol. The lowest BCUT2D eigenvalue weighted by atomic mass is 9.80. The van der Waals surface area contributed by atoms with E-state index < -0.39 is 12.2 Å². The van der Waals surface area contributed by atoms with E-state index in [2.05, 4.69) is 26.1 Å². The molecule has 1 atom stereocenters. The van der Waals surface area contributed by atoms with Crippen molar-refractivity contribution >= 4 is 0 Å². The molecule has 1 nitrogen and oxygen atoms in total. The first kappa shape index (κ1) is 13.4. The van der Waals surface area contributed by atoms with Crippen LogP contribution in [0.4, 0.5) is 13.2 Å². The van der Waals surface area contributed by atoms with Crippen molar-refractivity contribution in [1.82, 2.24) is 5.32 Å². The lowest BCUT2D eigenvalue weighted by Gasteiger charge is -2.32. The van der Waals surface area contributed by atoms with Gasteiger partial charge in [-0.3, -0.25) is 0 Å². The molecule has 0 bridgehead atoms. The first-order chi connectivity index (χ1) is 8.19. The summed E-state index contributed by atoms with van der Waals surface area (Å²) in [5, 5.41) is 2.60. The summed E-state index contributed by atoms with van der Waals surface area (Å²) in [6, 6.07) is 4.26. The Labute approximate surface area is 105 Å². The Bertz CT molecular complexity index is 443. The molecular weight excluding hydrogens is 239 g/mol. The van der Waals surface area contributed by atoms with E-state index >= 15 is 0 Å². The molecule has 18 heavy (non-hydrogen) atoms. The Morgan fingerprint density at radius 1 is 1.17 bits per heavy atom. The van der Waals surface area contributed by atoms with E-state index in [0.29, 0.717) is 6.54 Å². The fourth-order valence-corrected chi connectivity index (χ4v) is 2.49. The van der Waals surface area contributed by atoms with Gasteiger partial charge in [0, 0.05) is 6.54 Å². The molecule has 2 rings (SSSR count). The summed E-state index contributed by atoms with van der Waals surface area (Å²) in [6.45, 7) is 6.54. The van der Waals surface area contributed by atoms with Crippen LogP contribution < -0.4 is 5.32 Å². The molecule has 4 heteroatoms. The minimum atomic E-state index is -4.17. The summed E-state index contributed by atoms with van der Waals surface area (Å²) < 4.78 is 38.1. The SMILES string of the molecule is CC(C)(C)c1cccc2c1CN[C@@H](C(F)(F)F)C2. The topological polar surface area (TPSA) is 12.0 Å². The fourth-order valence-electron chi connectivity index (χ4n) is 2.49. The smallest absolute Gasteiger partial charge is 0.302 e. The van der Waals surface area contributed by atoms with Crippen molar-refractivity contribution in [2.45, 2.75) is 51.4 Å². The first-order valence-electron chi connectivity index (χ1n) is 6.11. The highest BCUT2D eigenvalue weighted by Crippen LogP contribution is 2.33. The number of alkyl halides is 3. The van der Waals surface area contributed by atoms with Gasteiger partial charge >= 0.3 is 6.18 Å². The summed E-state index contributed by atoms with van der Waals surface area (Å²) in [7, 11) is 0. The summed E-state index contributed by atoms with van der Waals surface area (Å²) in [4.78, 5) is 0. The van der Waals surface area contributed by atoms with Crippen molar-refractivity contribution < 1.29 is 13.2 Å².